The molecule has 1 saturated heterocycles. The van der Waals surface area contributed by atoms with Gasteiger partial charge >= 0.3 is 5.97 Å². The second-order valence-corrected chi connectivity index (χ2v) is 5.86. The zero-order chi connectivity index (χ0) is 14.1. The van der Waals surface area contributed by atoms with Gasteiger partial charge in [-0.2, -0.15) is 0 Å². The van der Waals surface area contributed by atoms with Crippen LogP contribution in [-0.4, -0.2) is 28.6 Å². The van der Waals surface area contributed by atoms with Crippen molar-refractivity contribution in [1.82, 2.24) is 4.98 Å². The number of carbonyl (C=O) groups is 1. The van der Waals surface area contributed by atoms with Crippen molar-refractivity contribution in [2.45, 2.75) is 44.6 Å². The Morgan fingerprint density at radius 3 is 2.70 bits per heavy atom. The molecule has 3 N–H and O–H groups in total. The average Bonchev–Trinajstić information content (AvgIpc) is 3.09. The first-order valence-corrected chi connectivity index (χ1v) is 7.43. The third-order valence-electron chi connectivity index (χ3n) is 4.64. The lowest BCUT2D eigenvalue weighted by Crippen LogP contribution is -2.36. The summed E-state index contributed by atoms with van der Waals surface area (Å²) >= 11 is 0. The standard InChI is InChI=1S/C15H21N3O2/c16-11-7-8-12(15(19)20)17-14(11)18-9-3-6-13(18)10-4-1-2-5-10/h7-8,10,13H,1-6,9,16H2,(H,19,20). The largest absolute Gasteiger partial charge is 0.477 e. The molecular weight excluding hydrogens is 254 g/mol. The summed E-state index contributed by atoms with van der Waals surface area (Å²) in [5.41, 5.74) is 6.69. The van der Waals surface area contributed by atoms with Gasteiger partial charge in [0, 0.05) is 12.6 Å². The van der Waals surface area contributed by atoms with Crippen LogP contribution in [0, 0.1) is 5.92 Å². The maximum atomic E-state index is 11.1. The van der Waals surface area contributed by atoms with Gasteiger partial charge in [-0.3, -0.25) is 0 Å². The minimum Gasteiger partial charge on any atom is -0.477 e. The van der Waals surface area contributed by atoms with Crippen molar-refractivity contribution < 1.29 is 9.90 Å². The highest BCUT2D eigenvalue weighted by Gasteiger charge is 2.34. The SMILES string of the molecule is Nc1ccc(C(=O)O)nc1N1CCCC1C1CCCC1. The van der Waals surface area contributed by atoms with Crippen LogP contribution in [0.25, 0.3) is 0 Å². The zero-order valence-corrected chi connectivity index (χ0v) is 11.6. The fraction of sp³-hybridized carbons (Fsp3) is 0.600. The first-order valence-electron chi connectivity index (χ1n) is 7.43. The van der Waals surface area contributed by atoms with Crippen molar-refractivity contribution in [2.24, 2.45) is 5.92 Å². The maximum absolute atomic E-state index is 11.1. The van der Waals surface area contributed by atoms with Crippen LogP contribution < -0.4 is 10.6 Å². The highest BCUT2D eigenvalue weighted by atomic mass is 16.4. The van der Waals surface area contributed by atoms with Crippen LogP contribution in [0.2, 0.25) is 0 Å². The van der Waals surface area contributed by atoms with Crippen molar-refractivity contribution in [3.63, 3.8) is 0 Å². The number of pyridine rings is 1. The molecule has 20 heavy (non-hydrogen) atoms. The molecule has 0 aromatic carbocycles. The molecule has 2 heterocycles. The third-order valence-corrected chi connectivity index (χ3v) is 4.64. The lowest BCUT2D eigenvalue weighted by Gasteiger charge is -2.31. The van der Waals surface area contributed by atoms with E-state index in [1.54, 1.807) is 6.07 Å². The van der Waals surface area contributed by atoms with Crippen LogP contribution in [0.5, 0.6) is 0 Å². The molecule has 1 atom stereocenters. The maximum Gasteiger partial charge on any atom is 0.354 e. The number of carboxylic acids is 1. The minimum absolute atomic E-state index is 0.0753. The van der Waals surface area contributed by atoms with Crippen LogP contribution in [0.1, 0.15) is 49.0 Å². The topological polar surface area (TPSA) is 79.5 Å². The van der Waals surface area contributed by atoms with Crippen LogP contribution in [0.4, 0.5) is 11.5 Å². The van der Waals surface area contributed by atoms with E-state index in [1.807, 2.05) is 0 Å². The van der Waals surface area contributed by atoms with Crippen LogP contribution in [0.3, 0.4) is 0 Å². The molecule has 5 heteroatoms. The summed E-state index contributed by atoms with van der Waals surface area (Å²) in [5, 5.41) is 9.10. The smallest absolute Gasteiger partial charge is 0.354 e. The van der Waals surface area contributed by atoms with E-state index >= 15 is 0 Å². The van der Waals surface area contributed by atoms with Gasteiger partial charge in [0.05, 0.1) is 5.69 Å². The Morgan fingerprint density at radius 1 is 1.25 bits per heavy atom. The van der Waals surface area contributed by atoms with Gasteiger partial charge in [-0.05, 0) is 43.7 Å². The van der Waals surface area contributed by atoms with Gasteiger partial charge in [-0.15, -0.1) is 0 Å². The van der Waals surface area contributed by atoms with Gasteiger partial charge in [-0.1, -0.05) is 12.8 Å². The molecule has 1 aliphatic heterocycles. The lowest BCUT2D eigenvalue weighted by molar-refractivity contribution is 0.0690. The Hall–Kier alpha value is -1.78. The molecule has 1 aromatic heterocycles. The average molecular weight is 275 g/mol. The van der Waals surface area contributed by atoms with Gasteiger partial charge in [0.1, 0.15) is 0 Å². The van der Waals surface area contributed by atoms with E-state index in [1.165, 1.54) is 38.2 Å². The van der Waals surface area contributed by atoms with Crippen molar-refractivity contribution in [1.29, 1.82) is 0 Å². The number of carboxylic acid groups (broad SMARTS) is 1. The van der Waals surface area contributed by atoms with Crippen molar-refractivity contribution in [2.75, 3.05) is 17.2 Å². The number of anilines is 2. The highest BCUT2D eigenvalue weighted by Crippen LogP contribution is 2.38. The number of nitrogens with two attached hydrogens (primary N) is 1. The Bertz CT molecular complexity index is 512. The van der Waals surface area contributed by atoms with E-state index in [2.05, 4.69) is 9.88 Å². The summed E-state index contributed by atoms with van der Waals surface area (Å²) in [4.78, 5) is 17.6. The van der Waals surface area contributed by atoms with E-state index in [4.69, 9.17) is 10.8 Å². The molecule has 108 valence electrons. The van der Waals surface area contributed by atoms with E-state index in [9.17, 15) is 4.79 Å². The van der Waals surface area contributed by atoms with E-state index < -0.39 is 5.97 Å². The summed E-state index contributed by atoms with van der Waals surface area (Å²) in [6, 6.07) is 3.62. The fourth-order valence-electron chi connectivity index (χ4n) is 3.70. The fourth-order valence-corrected chi connectivity index (χ4v) is 3.70. The van der Waals surface area contributed by atoms with Gasteiger partial charge < -0.3 is 15.7 Å². The Balaban J connectivity index is 1.90. The van der Waals surface area contributed by atoms with Gasteiger partial charge in [0.2, 0.25) is 0 Å². The molecule has 0 bridgehead atoms. The summed E-state index contributed by atoms with van der Waals surface area (Å²) in [5.74, 6) is 0.384. The highest BCUT2D eigenvalue weighted by molar-refractivity contribution is 5.87. The Morgan fingerprint density at radius 2 is 2.00 bits per heavy atom. The monoisotopic (exact) mass is 275 g/mol. The van der Waals surface area contributed by atoms with E-state index in [0.29, 0.717) is 23.5 Å². The van der Waals surface area contributed by atoms with Crippen molar-refractivity contribution >= 4 is 17.5 Å². The molecule has 2 aliphatic rings. The Kier molecular flexibility index (Phi) is 3.51. The minimum atomic E-state index is -0.997. The van der Waals surface area contributed by atoms with Crippen molar-refractivity contribution in [3.8, 4) is 0 Å². The van der Waals surface area contributed by atoms with Gasteiger partial charge in [0.25, 0.3) is 0 Å². The molecule has 1 aliphatic carbocycles. The lowest BCUT2D eigenvalue weighted by atomic mass is 9.96. The number of aromatic carboxylic acids is 1. The first kappa shape index (κ1) is 13.2. The molecular formula is C15H21N3O2. The number of rotatable bonds is 3. The first-order chi connectivity index (χ1) is 9.66. The molecule has 0 spiro atoms. The molecule has 1 unspecified atom stereocenters. The van der Waals surface area contributed by atoms with Gasteiger partial charge in [0.15, 0.2) is 11.5 Å². The van der Waals surface area contributed by atoms with E-state index in [-0.39, 0.29) is 5.69 Å². The number of nitrogens with zero attached hydrogens (tertiary/aromatic N) is 2. The van der Waals surface area contributed by atoms with Crippen LogP contribution in [0.15, 0.2) is 12.1 Å². The molecule has 5 nitrogen and oxygen atoms in total. The molecule has 1 aromatic rings. The summed E-state index contributed by atoms with van der Waals surface area (Å²) in [7, 11) is 0. The van der Waals surface area contributed by atoms with E-state index in [0.717, 1.165) is 13.0 Å². The summed E-state index contributed by atoms with van der Waals surface area (Å²) < 4.78 is 0. The molecule has 1 saturated carbocycles. The Labute approximate surface area is 118 Å². The van der Waals surface area contributed by atoms with Crippen molar-refractivity contribution in [3.05, 3.63) is 17.8 Å². The third kappa shape index (κ3) is 2.32. The quantitative estimate of drug-likeness (QED) is 0.886. The molecule has 0 radical (unpaired) electrons. The number of hydrogen-bond donors (Lipinski definition) is 2. The van der Waals surface area contributed by atoms with Gasteiger partial charge in [-0.25, -0.2) is 9.78 Å². The second-order valence-electron chi connectivity index (χ2n) is 5.86. The van der Waals surface area contributed by atoms with Crippen LogP contribution >= 0.6 is 0 Å². The number of hydrogen-bond acceptors (Lipinski definition) is 4. The predicted octanol–water partition coefficient (Wildman–Crippen LogP) is 2.52. The normalized spacial score (nSPS) is 23.4. The zero-order valence-electron chi connectivity index (χ0n) is 11.6. The number of aromatic nitrogens is 1. The summed E-state index contributed by atoms with van der Waals surface area (Å²) in [6.07, 6.45) is 7.49. The second kappa shape index (κ2) is 5.31. The predicted molar refractivity (Wildman–Crippen MR) is 77.9 cm³/mol. The molecule has 2 fully saturated rings. The molecule has 3 rings (SSSR count). The summed E-state index contributed by atoms with van der Waals surface area (Å²) in [6.45, 7) is 0.932. The number of nitrogen functional groups attached to an aromatic ring is 1. The molecule has 0 amide bonds. The van der Waals surface area contributed by atoms with Crippen LogP contribution in [-0.2, 0) is 0 Å².